The number of hydrogen-bond donors (Lipinski definition) is 1. The molecular formula is C12H11NO5S. The number of carboxylic acids is 1. The number of aryl methyl sites for hydroxylation is 1. The van der Waals surface area contributed by atoms with Crippen LogP contribution < -0.4 is 4.74 Å². The molecule has 0 aromatic heterocycles. The van der Waals surface area contributed by atoms with Crippen LogP contribution in [0.4, 0.5) is 0 Å². The molecule has 0 saturated carbocycles. The van der Waals surface area contributed by atoms with Gasteiger partial charge >= 0.3 is 5.97 Å². The predicted molar refractivity (Wildman–Crippen MR) is 68.7 cm³/mol. The number of carboxylic acid groups (broad SMARTS) is 1. The van der Waals surface area contributed by atoms with E-state index in [0.717, 1.165) is 11.8 Å². The Morgan fingerprint density at radius 2 is 1.95 bits per heavy atom. The molecule has 0 radical (unpaired) electrons. The summed E-state index contributed by atoms with van der Waals surface area (Å²) in [5, 5.41) is 8.88. The first kappa shape index (κ1) is 13.3. The van der Waals surface area contributed by atoms with Gasteiger partial charge in [0.25, 0.3) is 10.0 Å². The van der Waals surface area contributed by atoms with Crippen molar-refractivity contribution in [3.8, 4) is 5.75 Å². The van der Waals surface area contributed by atoms with E-state index in [0.29, 0.717) is 5.75 Å². The Hall–Kier alpha value is -2.15. The average Bonchev–Trinajstić information content (AvgIpc) is 2.64. The van der Waals surface area contributed by atoms with Crippen LogP contribution >= 0.6 is 0 Å². The van der Waals surface area contributed by atoms with Gasteiger partial charge in [-0.3, -0.25) is 0 Å². The van der Waals surface area contributed by atoms with E-state index >= 15 is 0 Å². The van der Waals surface area contributed by atoms with Gasteiger partial charge in [0, 0.05) is 11.8 Å². The molecule has 0 atom stereocenters. The summed E-state index contributed by atoms with van der Waals surface area (Å²) in [6, 6.07) is 7.11. The largest absolute Gasteiger partial charge is 0.489 e. The Labute approximate surface area is 110 Å². The van der Waals surface area contributed by atoms with E-state index in [4.69, 9.17) is 9.84 Å². The highest BCUT2D eigenvalue weighted by Crippen LogP contribution is 2.21. The molecule has 1 aliphatic rings. The fourth-order valence-corrected chi connectivity index (χ4v) is 2.59. The van der Waals surface area contributed by atoms with Crippen molar-refractivity contribution in [2.75, 3.05) is 6.61 Å². The molecule has 0 spiro atoms. The molecule has 6 nitrogen and oxygen atoms in total. The van der Waals surface area contributed by atoms with Crippen molar-refractivity contribution in [3.05, 3.63) is 40.3 Å². The second kappa shape index (κ2) is 4.85. The van der Waals surface area contributed by atoms with Gasteiger partial charge in [0.2, 0.25) is 0 Å². The van der Waals surface area contributed by atoms with E-state index in [-0.39, 0.29) is 12.2 Å². The second-order valence-electron chi connectivity index (χ2n) is 3.97. The lowest BCUT2D eigenvalue weighted by atomic mass is 10.2. The van der Waals surface area contributed by atoms with Crippen LogP contribution in [0.1, 0.15) is 5.56 Å². The summed E-state index contributed by atoms with van der Waals surface area (Å²) in [6.45, 7) is 1.76. The lowest BCUT2D eigenvalue weighted by Gasteiger charge is -2.06. The van der Waals surface area contributed by atoms with Crippen molar-refractivity contribution in [1.82, 2.24) is 0 Å². The Balaban J connectivity index is 2.19. The number of nitrogens with zero attached hydrogens (tertiary/aromatic N) is 1. The third-order valence-corrected chi connectivity index (χ3v) is 3.84. The number of hydrogen-bond acceptors (Lipinski definition) is 4. The molecule has 0 unspecified atom stereocenters. The topological polar surface area (TPSA) is 93.0 Å². The third-order valence-electron chi connectivity index (χ3n) is 2.51. The first-order valence-corrected chi connectivity index (χ1v) is 6.80. The number of aliphatic carboxylic acids is 1. The Bertz CT molecular complexity index is 671. The summed E-state index contributed by atoms with van der Waals surface area (Å²) in [6.07, 6.45) is 1.01. The van der Waals surface area contributed by atoms with Crippen LogP contribution in [0.3, 0.4) is 0 Å². The van der Waals surface area contributed by atoms with Crippen LogP contribution in [0.15, 0.2) is 39.1 Å². The van der Waals surface area contributed by atoms with Crippen molar-refractivity contribution in [2.24, 2.45) is 4.40 Å². The zero-order valence-corrected chi connectivity index (χ0v) is 10.8. The number of benzene rings is 1. The van der Waals surface area contributed by atoms with E-state index in [2.05, 4.69) is 4.40 Å². The highest BCUT2D eigenvalue weighted by molar-refractivity contribution is 7.95. The standard InChI is InChI=1S/C12H11NO5S/c1-8-2-4-10(5-3-8)18-7-9-6-13-19(16,17)11(9)12(14)15/h2-6H,7H2,1H3,(H,14,15). The lowest BCUT2D eigenvalue weighted by Crippen LogP contribution is -2.12. The molecule has 0 bridgehead atoms. The summed E-state index contributed by atoms with van der Waals surface area (Å²) in [7, 11) is -4.08. The van der Waals surface area contributed by atoms with Crippen LogP contribution in [0.2, 0.25) is 0 Å². The minimum Gasteiger partial charge on any atom is -0.489 e. The summed E-state index contributed by atoms with van der Waals surface area (Å²) in [5.41, 5.74) is 1.09. The Kier molecular flexibility index (Phi) is 3.39. The molecule has 0 saturated heterocycles. The Morgan fingerprint density at radius 3 is 2.53 bits per heavy atom. The van der Waals surface area contributed by atoms with E-state index in [1.165, 1.54) is 0 Å². The van der Waals surface area contributed by atoms with Crippen molar-refractivity contribution >= 4 is 22.2 Å². The molecule has 1 aliphatic heterocycles. The highest BCUT2D eigenvalue weighted by Gasteiger charge is 2.32. The molecule has 1 heterocycles. The maximum atomic E-state index is 11.4. The first-order valence-electron chi connectivity index (χ1n) is 5.36. The van der Waals surface area contributed by atoms with Crippen molar-refractivity contribution < 1.29 is 23.1 Å². The van der Waals surface area contributed by atoms with Crippen molar-refractivity contribution in [2.45, 2.75) is 6.92 Å². The van der Waals surface area contributed by atoms with E-state index < -0.39 is 20.9 Å². The minimum absolute atomic E-state index is 0.0353. The Morgan fingerprint density at radius 1 is 1.32 bits per heavy atom. The highest BCUT2D eigenvalue weighted by atomic mass is 32.2. The van der Waals surface area contributed by atoms with E-state index in [9.17, 15) is 13.2 Å². The van der Waals surface area contributed by atoms with Crippen molar-refractivity contribution in [1.29, 1.82) is 0 Å². The fourth-order valence-electron chi connectivity index (χ4n) is 1.56. The zero-order chi connectivity index (χ0) is 14.0. The molecule has 7 heteroatoms. The molecule has 0 aliphatic carbocycles. The van der Waals surface area contributed by atoms with E-state index in [1.807, 2.05) is 19.1 Å². The molecule has 1 N–H and O–H groups in total. The summed E-state index contributed by atoms with van der Waals surface area (Å²) >= 11 is 0. The second-order valence-corrected chi connectivity index (χ2v) is 5.54. The SMILES string of the molecule is Cc1ccc(OCC2=C(C(=O)O)S(=O)(=O)N=C2)cc1. The van der Waals surface area contributed by atoms with Crippen LogP contribution in [-0.4, -0.2) is 32.3 Å². The third kappa shape index (κ3) is 2.82. The molecule has 19 heavy (non-hydrogen) atoms. The molecule has 1 aromatic rings. The van der Waals surface area contributed by atoms with Gasteiger partial charge in [-0.25, -0.2) is 4.79 Å². The first-order chi connectivity index (χ1) is 8.90. The number of carbonyl (C=O) groups is 1. The van der Waals surface area contributed by atoms with Gasteiger partial charge in [-0.1, -0.05) is 17.7 Å². The van der Waals surface area contributed by atoms with Gasteiger partial charge in [0.05, 0.1) is 0 Å². The molecule has 2 rings (SSSR count). The summed E-state index contributed by atoms with van der Waals surface area (Å²) in [5.74, 6) is -0.999. The van der Waals surface area contributed by atoms with Gasteiger partial charge in [-0.05, 0) is 19.1 Å². The van der Waals surface area contributed by atoms with Crippen LogP contribution in [0.25, 0.3) is 0 Å². The smallest absolute Gasteiger partial charge is 0.349 e. The van der Waals surface area contributed by atoms with Gasteiger partial charge in [0.15, 0.2) is 4.91 Å². The minimum atomic E-state index is -4.08. The normalized spacial score (nSPS) is 16.7. The van der Waals surface area contributed by atoms with E-state index in [1.54, 1.807) is 12.1 Å². The van der Waals surface area contributed by atoms with Crippen LogP contribution in [-0.2, 0) is 14.8 Å². The average molecular weight is 281 g/mol. The zero-order valence-electron chi connectivity index (χ0n) is 10.0. The molecule has 0 amide bonds. The maximum Gasteiger partial charge on any atom is 0.349 e. The predicted octanol–water partition coefficient (Wildman–Crippen LogP) is 1.13. The van der Waals surface area contributed by atoms with Gasteiger partial charge < -0.3 is 9.84 Å². The summed E-state index contributed by atoms with van der Waals surface area (Å²) < 4.78 is 31.3. The molecule has 100 valence electrons. The van der Waals surface area contributed by atoms with Crippen molar-refractivity contribution in [3.63, 3.8) is 0 Å². The molecular weight excluding hydrogens is 270 g/mol. The molecule has 1 aromatic carbocycles. The van der Waals surface area contributed by atoms with Gasteiger partial charge in [0.1, 0.15) is 12.4 Å². The lowest BCUT2D eigenvalue weighted by molar-refractivity contribution is -0.131. The number of sulfonamides is 1. The summed E-state index contributed by atoms with van der Waals surface area (Å²) in [4.78, 5) is 10.2. The van der Waals surface area contributed by atoms with Gasteiger partial charge in [-0.2, -0.15) is 12.8 Å². The molecule has 0 fully saturated rings. The van der Waals surface area contributed by atoms with Crippen LogP contribution in [0, 0.1) is 6.92 Å². The number of rotatable bonds is 4. The maximum absolute atomic E-state index is 11.4. The quantitative estimate of drug-likeness (QED) is 0.892. The van der Waals surface area contributed by atoms with Crippen LogP contribution in [0.5, 0.6) is 5.75 Å². The number of ether oxygens (including phenoxy) is 1. The fraction of sp³-hybridized carbons (Fsp3) is 0.167. The van der Waals surface area contributed by atoms with Gasteiger partial charge in [-0.15, -0.1) is 0 Å². The monoisotopic (exact) mass is 281 g/mol.